The summed E-state index contributed by atoms with van der Waals surface area (Å²) < 4.78 is 61.4. The molecule has 0 spiro atoms. The number of para-hydroxylation sites is 1. The van der Waals surface area contributed by atoms with Crippen LogP contribution in [-0.4, -0.2) is 62.0 Å². The van der Waals surface area contributed by atoms with Gasteiger partial charge in [-0.3, -0.25) is 0 Å². The van der Waals surface area contributed by atoms with Crippen molar-refractivity contribution >= 4 is 30.1 Å². The minimum absolute atomic E-state index is 0.0185. The molecule has 3 aromatic heterocycles. The van der Waals surface area contributed by atoms with Crippen molar-refractivity contribution in [1.82, 2.24) is 24.7 Å². The number of nitrogens with zero attached hydrogens (tertiary/aromatic N) is 6. The SMILES string of the molecule is COc1cccc(OC)c1-n1c(-c2ccco2)nnc1N(CC[SiH-](C)(C)C)S(=O)(=O)/C(C)=C\c1ncc(F)cn1. The van der Waals surface area contributed by atoms with Crippen LogP contribution in [0.15, 0.2) is 58.3 Å². The number of methoxy groups -OCH3 is 2. The van der Waals surface area contributed by atoms with Gasteiger partial charge in [-0.1, -0.05) is 0 Å². The maximum atomic E-state index is 14.2. The Balaban J connectivity index is 1.98. The number of sulfonamides is 1. The molecule has 4 aromatic rings. The Bertz CT molecular complexity index is 1580. The molecule has 4 rings (SSSR count). The van der Waals surface area contributed by atoms with E-state index in [0.717, 1.165) is 12.4 Å². The first kappa shape index (κ1) is 29.0. The van der Waals surface area contributed by atoms with Gasteiger partial charge in [0.15, 0.2) is 0 Å². The molecular weight excluding hydrogens is 555 g/mol. The number of anilines is 1. The van der Waals surface area contributed by atoms with E-state index in [2.05, 4.69) is 39.8 Å². The molecule has 0 fully saturated rings. The predicted octanol–water partition coefficient (Wildman–Crippen LogP) is 4.74. The van der Waals surface area contributed by atoms with Gasteiger partial charge in [0.05, 0.1) is 0 Å². The van der Waals surface area contributed by atoms with Crippen molar-refractivity contribution in [2.24, 2.45) is 0 Å². The topological polar surface area (TPSA) is 125 Å². The van der Waals surface area contributed by atoms with Crippen molar-refractivity contribution in [3.8, 4) is 28.8 Å². The first-order chi connectivity index (χ1) is 19.0. The average Bonchev–Trinajstić information content (AvgIpc) is 3.59. The summed E-state index contributed by atoms with van der Waals surface area (Å²) >= 11 is 0. The second-order valence-corrected chi connectivity index (χ2v) is 19.0. The molecule has 0 aliphatic carbocycles. The summed E-state index contributed by atoms with van der Waals surface area (Å²) in [7, 11) is -3.24. The fourth-order valence-corrected chi connectivity index (χ4v) is 6.42. The quantitative estimate of drug-likeness (QED) is 0.229. The molecule has 0 saturated carbocycles. The van der Waals surface area contributed by atoms with Crippen molar-refractivity contribution in [1.29, 1.82) is 0 Å². The first-order valence-electron chi connectivity index (χ1n) is 12.6. The van der Waals surface area contributed by atoms with E-state index in [1.807, 2.05) is 0 Å². The van der Waals surface area contributed by atoms with Gasteiger partial charge < -0.3 is 0 Å². The average molecular weight is 588 g/mol. The van der Waals surface area contributed by atoms with E-state index in [4.69, 9.17) is 13.9 Å². The van der Waals surface area contributed by atoms with Crippen molar-refractivity contribution in [2.45, 2.75) is 32.6 Å². The summed E-state index contributed by atoms with van der Waals surface area (Å²) in [5, 5.41) is 8.71. The van der Waals surface area contributed by atoms with Gasteiger partial charge in [0.1, 0.15) is 0 Å². The predicted molar refractivity (Wildman–Crippen MR) is 154 cm³/mol. The molecule has 0 atom stereocenters. The van der Waals surface area contributed by atoms with E-state index in [1.54, 1.807) is 34.9 Å². The monoisotopic (exact) mass is 587 g/mol. The van der Waals surface area contributed by atoms with Gasteiger partial charge in [0, 0.05) is 0 Å². The van der Waals surface area contributed by atoms with Gasteiger partial charge in [-0.2, -0.15) is 0 Å². The number of halogens is 1. The number of furan rings is 1. The van der Waals surface area contributed by atoms with Gasteiger partial charge in [-0.25, -0.2) is 0 Å². The number of allylic oxidation sites excluding steroid dienone is 1. The van der Waals surface area contributed by atoms with E-state index in [0.29, 0.717) is 29.0 Å². The van der Waals surface area contributed by atoms with Crippen molar-refractivity contribution < 1.29 is 26.7 Å². The molecule has 0 bridgehead atoms. The van der Waals surface area contributed by atoms with Crippen LogP contribution in [0.4, 0.5) is 10.3 Å². The molecule has 3 heterocycles. The van der Waals surface area contributed by atoms with Crippen LogP contribution in [-0.2, 0) is 10.0 Å². The van der Waals surface area contributed by atoms with Crippen LogP contribution in [0.25, 0.3) is 23.3 Å². The molecule has 0 saturated heterocycles. The van der Waals surface area contributed by atoms with Gasteiger partial charge in [-0.15, -0.1) is 0 Å². The third-order valence-electron chi connectivity index (χ3n) is 6.10. The molecule has 0 aliphatic rings. The van der Waals surface area contributed by atoms with Crippen molar-refractivity contribution in [3.63, 3.8) is 0 Å². The molecular formula is C26H32FN6O5SSi-. The molecule has 214 valence electrons. The Labute approximate surface area is 233 Å². The zero-order valence-corrected chi connectivity index (χ0v) is 25.2. The fraction of sp³-hybridized carbons (Fsp3) is 0.308. The summed E-state index contributed by atoms with van der Waals surface area (Å²) in [6.07, 6.45) is 4.73. The second-order valence-electron chi connectivity index (χ2n) is 10.5. The Hall–Kier alpha value is -4.04. The summed E-state index contributed by atoms with van der Waals surface area (Å²) in [5.41, 5.74) is 0.401. The van der Waals surface area contributed by atoms with Crippen LogP contribution >= 0.6 is 0 Å². The normalized spacial score (nSPS) is 12.8. The van der Waals surface area contributed by atoms with Gasteiger partial charge in [0.2, 0.25) is 0 Å². The zero-order chi connectivity index (χ0) is 29.1. The summed E-state index contributed by atoms with van der Waals surface area (Å²) in [5.74, 6) is 0.877. The van der Waals surface area contributed by atoms with E-state index in [1.165, 1.54) is 37.8 Å². The van der Waals surface area contributed by atoms with Crippen LogP contribution in [0.1, 0.15) is 12.7 Å². The number of aromatic nitrogens is 5. The molecule has 11 nitrogen and oxygen atoms in total. The summed E-state index contributed by atoms with van der Waals surface area (Å²) in [6.45, 7) is 8.10. The standard InChI is InChI=1S/C26H32FN6O5SSi/c1-18(15-23-28-16-19(27)17-29-23)39(34,35)32(12-14-40(4,5)6)26-31-30-25(22-11-8-13-38-22)33(26)24-20(36-2)9-7-10-21(24)37-3/h7-11,13,15-17,40H,12,14H2,1-6H3/q-1/b18-15-. The Morgan fingerprint density at radius 2 is 1.73 bits per heavy atom. The van der Waals surface area contributed by atoms with E-state index in [-0.39, 0.29) is 29.0 Å². The Kier molecular flexibility index (Phi) is 8.39. The van der Waals surface area contributed by atoms with Crippen molar-refractivity contribution in [2.75, 3.05) is 25.1 Å². The Morgan fingerprint density at radius 1 is 1.07 bits per heavy atom. The van der Waals surface area contributed by atoms with Crippen LogP contribution in [0, 0.1) is 5.82 Å². The molecule has 0 unspecified atom stereocenters. The van der Waals surface area contributed by atoms with Gasteiger partial charge in [0.25, 0.3) is 0 Å². The fourth-order valence-electron chi connectivity index (χ4n) is 3.92. The third-order valence-corrected chi connectivity index (χ3v) is 9.95. The number of hydrogen-bond donors (Lipinski definition) is 0. The molecule has 0 aliphatic heterocycles. The minimum atomic E-state index is -4.20. The number of rotatable bonds is 11. The third kappa shape index (κ3) is 6.07. The first-order valence-corrected chi connectivity index (χ1v) is 18.4. The van der Waals surface area contributed by atoms with Gasteiger partial charge in [-0.05, 0) is 0 Å². The molecule has 14 heteroatoms. The van der Waals surface area contributed by atoms with Crippen LogP contribution < -0.4 is 13.8 Å². The molecule has 0 amide bonds. The second kappa shape index (κ2) is 11.6. The maximum absolute atomic E-state index is 14.2. The van der Waals surface area contributed by atoms with E-state index < -0.39 is 23.9 Å². The molecule has 0 radical (unpaired) electrons. The molecule has 1 aromatic carbocycles. The van der Waals surface area contributed by atoms with E-state index >= 15 is 0 Å². The number of benzene rings is 1. The summed E-state index contributed by atoms with van der Waals surface area (Å²) in [6, 6.07) is 9.27. The number of ether oxygens (including phenoxy) is 2. The van der Waals surface area contributed by atoms with E-state index in [9.17, 15) is 12.8 Å². The van der Waals surface area contributed by atoms with Crippen molar-refractivity contribution in [3.05, 3.63) is 65.5 Å². The summed E-state index contributed by atoms with van der Waals surface area (Å²) in [4.78, 5) is 7.71. The Morgan fingerprint density at radius 3 is 2.27 bits per heavy atom. The van der Waals surface area contributed by atoms with Gasteiger partial charge >= 0.3 is 234 Å². The van der Waals surface area contributed by atoms with Crippen LogP contribution in [0.5, 0.6) is 11.5 Å². The molecule has 0 N–H and O–H groups in total. The zero-order valence-electron chi connectivity index (χ0n) is 23.2. The molecule has 40 heavy (non-hydrogen) atoms. The van der Waals surface area contributed by atoms with Crippen LogP contribution in [0.3, 0.4) is 0 Å². The number of hydrogen-bond acceptors (Lipinski definition) is 9. The van der Waals surface area contributed by atoms with Crippen LogP contribution in [0.2, 0.25) is 25.7 Å².